The average Bonchev–Trinajstić information content (AvgIpc) is 2.99. The third kappa shape index (κ3) is 1.79. The number of rotatable bonds is 2. The summed E-state index contributed by atoms with van der Waals surface area (Å²) in [6, 6.07) is 0. The first-order chi connectivity index (χ1) is 8.72. The van der Waals surface area contributed by atoms with Crippen LogP contribution in [0.4, 0.5) is 0 Å². The van der Waals surface area contributed by atoms with Crippen LogP contribution in [0.1, 0.15) is 55.5 Å². The van der Waals surface area contributed by atoms with Crippen LogP contribution in [0.25, 0.3) is 0 Å². The Bertz CT molecular complexity index is 554. The van der Waals surface area contributed by atoms with E-state index in [2.05, 4.69) is 25.9 Å². The maximum absolute atomic E-state index is 5.92. The summed E-state index contributed by atoms with van der Waals surface area (Å²) < 4.78 is 7.62. The summed E-state index contributed by atoms with van der Waals surface area (Å²) in [4.78, 5) is 8.11. The summed E-state index contributed by atoms with van der Waals surface area (Å²) in [6.07, 6.45) is 6.84. The zero-order valence-corrected chi connectivity index (χ0v) is 12.4. The van der Waals surface area contributed by atoms with Crippen molar-refractivity contribution in [3.8, 4) is 0 Å². The molecule has 0 radical (unpaired) electrons. The molecule has 3 aliphatic rings. The molecule has 18 heavy (non-hydrogen) atoms. The standard InChI is InChI=1S/C13H15BrN2OS/c14-10-11(6-1-2-6)15-12(16-13(10)18)8-5-7-3-4-9(8)17-7/h6-9H,1-5H2,(H,15,16,18). The van der Waals surface area contributed by atoms with Crippen molar-refractivity contribution in [1.29, 1.82) is 0 Å². The van der Waals surface area contributed by atoms with E-state index in [1.807, 2.05) is 0 Å². The maximum Gasteiger partial charge on any atom is 0.144 e. The van der Waals surface area contributed by atoms with Crippen LogP contribution in [0.5, 0.6) is 0 Å². The molecule has 2 bridgehead atoms. The Hall–Kier alpha value is -0.260. The lowest BCUT2D eigenvalue weighted by Gasteiger charge is -2.19. The van der Waals surface area contributed by atoms with Crippen molar-refractivity contribution in [2.75, 3.05) is 0 Å². The highest BCUT2D eigenvalue weighted by molar-refractivity contribution is 9.10. The number of hydrogen-bond donors (Lipinski definition) is 1. The molecule has 3 unspecified atom stereocenters. The van der Waals surface area contributed by atoms with Gasteiger partial charge in [0, 0.05) is 17.5 Å². The van der Waals surface area contributed by atoms with Crippen molar-refractivity contribution in [2.24, 2.45) is 0 Å². The van der Waals surface area contributed by atoms with Crippen LogP contribution in [-0.2, 0) is 4.74 Å². The molecule has 2 saturated heterocycles. The molecule has 0 aromatic carbocycles. The van der Waals surface area contributed by atoms with E-state index in [1.165, 1.54) is 31.4 Å². The van der Waals surface area contributed by atoms with Gasteiger partial charge < -0.3 is 9.72 Å². The van der Waals surface area contributed by atoms with Crippen molar-refractivity contribution in [1.82, 2.24) is 9.97 Å². The van der Waals surface area contributed by atoms with E-state index in [9.17, 15) is 0 Å². The minimum atomic E-state index is 0.362. The first-order valence-electron chi connectivity index (χ1n) is 6.67. The van der Waals surface area contributed by atoms with Gasteiger partial charge in [0.15, 0.2) is 0 Å². The van der Waals surface area contributed by atoms with Gasteiger partial charge in [-0.05, 0) is 48.0 Å². The van der Waals surface area contributed by atoms with Crippen LogP contribution in [0, 0.1) is 4.64 Å². The summed E-state index contributed by atoms with van der Waals surface area (Å²) >= 11 is 8.95. The van der Waals surface area contributed by atoms with Gasteiger partial charge in [-0.15, -0.1) is 0 Å². The van der Waals surface area contributed by atoms with Crippen molar-refractivity contribution < 1.29 is 4.74 Å². The normalized spacial score (nSPS) is 34.2. The Labute approximate surface area is 119 Å². The Kier molecular flexibility index (Phi) is 2.64. The van der Waals surface area contributed by atoms with Gasteiger partial charge in [-0.1, -0.05) is 12.2 Å². The predicted octanol–water partition coefficient (Wildman–Crippen LogP) is 3.81. The maximum atomic E-state index is 5.92. The van der Waals surface area contributed by atoms with Crippen molar-refractivity contribution >= 4 is 28.1 Å². The quantitative estimate of drug-likeness (QED) is 0.840. The number of aromatic nitrogens is 2. The largest absolute Gasteiger partial charge is 0.374 e. The molecular formula is C13H15BrN2OS. The van der Waals surface area contributed by atoms with E-state index in [1.54, 1.807) is 0 Å². The Morgan fingerprint density at radius 3 is 2.72 bits per heavy atom. The minimum Gasteiger partial charge on any atom is -0.374 e. The molecule has 2 aliphatic heterocycles. The fraction of sp³-hybridized carbons (Fsp3) is 0.692. The van der Waals surface area contributed by atoms with E-state index in [4.69, 9.17) is 17.0 Å². The van der Waals surface area contributed by atoms with E-state index >= 15 is 0 Å². The molecule has 1 saturated carbocycles. The van der Waals surface area contributed by atoms with Crippen LogP contribution >= 0.6 is 28.1 Å². The zero-order valence-electron chi connectivity index (χ0n) is 9.99. The van der Waals surface area contributed by atoms with E-state index < -0.39 is 0 Å². The third-order valence-corrected chi connectivity index (χ3v) is 5.71. The molecule has 1 N–H and O–H groups in total. The highest BCUT2D eigenvalue weighted by Gasteiger charge is 2.43. The predicted molar refractivity (Wildman–Crippen MR) is 74.3 cm³/mol. The van der Waals surface area contributed by atoms with Crippen molar-refractivity contribution in [3.05, 3.63) is 20.6 Å². The summed E-state index contributed by atoms with van der Waals surface area (Å²) in [5, 5.41) is 0. The lowest BCUT2D eigenvalue weighted by Crippen LogP contribution is -2.18. The number of halogens is 1. The molecule has 0 amide bonds. The molecular weight excluding hydrogens is 312 g/mol. The second-order valence-corrected chi connectivity index (χ2v) is 6.82. The smallest absolute Gasteiger partial charge is 0.144 e. The van der Waals surface area contributed by atoms with Crippen LogP contribution < -0.4 is 0 Å². The molecule has 3 atom stereocenters. The molecule has 0 spiro atoms. The molecule has 1 aromatic heterocycles. The van der Waals surface area contributed by atoms with Crippen molar-refractivity contribution in [2.45, 2.75) is 56.1 Å². The first-order valence-corrected chi connectivity index (χ1v) is 7.87. The van der Waals surface area contributed by atoms with Gasteiger partial charge in [0.05, 0.1) is 16.7 Å². The molecule has 3 heterocycles. The van der Waals surface area contributed by atoms with Crippen LogP contribution in [0.3, 0.4) is 0 Å². The number of fused-ring (bicyclic) bond motifs is 2. The number of nitrogens with zero attached hydrogens (tertiary/aromatic N) is 1. The summed E-state index contributed by atoms with van der Waals surface area (Å²) in [7, 11) is 0. The topological polar surface area (TPSA) is 37.9 Å². The molecule has 4 rings (SSSR count). The summed E-state index contributed by atoms with van der Waals surface area (Å²) in [6.45, 7) is 0. The van der Waals surface area contributed by atoms with Gasteiger partial charge in [-0.3, -0.25) is 0 Å². The fourth-order valence-corrected chi connectivity index (χ4v) is 3.97. The highest BCUT2D eigenvalue weighted by Crippen LogP contribution is 2.46. The molecule has 96 valence electrons. The Balaban J connectivity index is 1.74. The van der Waals surface area contributed by atoms with Crippen molar-refractivity contribution in [3.63, 3.8) is 0 Å². The van der Waals surface area contributed by atoms with Gasteiger partial charge in [0.25, 0.3) is 0 Å². The number of nitrogens with one attached hydrogen (secondary N) is 1. The summed E-state index contributed by atoms with van der Waals surface area (Å²) in [5.41, 5.74) is 1.26. The van der Waals surface area contributed by atoms with Crippen LogP contribution in [0.15, 0.2) is 4.47 Å². The molecule has 3 nitrogen and oxygen atoms in total. The minimum absolute atomic E-state index is 0.362. The number of aromatic amines is 1. The second-order valence-electron chi connectivity index (χ2n) is 5.65. The Morgan fingerprint density at radius 2 is 2.11 bits per heavy atom. The van der Waals surface area contributed by atoms with Gasteiger partial charge in [0.2, 0.25) is 0 Å². The average molecular weight is 327 g/mol. The number of ether oxygens (including phenoxy) is 1. The van der Waals surface area contributed by atoms with Gasteiger partial charge >= 0.3 is 0 Å². The lowest BCUT2D eigenvalue weighted by atomic mass is 9.88. The highest BCUT2D eigenvalue weighted by atomic mass is 79.9. The Morgan fingerprint density at radius 1 is 1.28 bits per heavy atom. The van der Waals surface area contributed by atoms with E-state index in [0.717, 1.165) is 16.7 Å². The molecule has 3 fully saturated rings. The molecule has 5 heteroatoms. The monoisotopic (exact) mass is 326 g/mol. The lowest BCUT2D eigenvalue weighted by molar-refractivity contribution is 0.0998. The third-order valence-electron chi connectivity index (χ3n) is 4.35. The fourth-order valence-electron chi connectivity index (χ4n) is 3.25. The van der Waals surface area contributed by atoms with Gasteiger partial charge in [0.1, 0.15) is 10.5 Å². The van der Waals surface area contributed by atoms with Gasteiger partial charge in [-0.25, -0.2) is 4.98 Å². The number of hydrogen-bond acceptors (Lipinski definition) is 3. The summed E-state index contributed by atoms with van der Waals surface area (Å²) in [5.74, 6) is 2.13. The van der Waals surface area contributed by atoms with Crippen LogP contribution in [-0.4, -0.2) is 22.2 Å². The zero-order chi connectivity index (χ0) is 12.3. The molecule has 1 aromatic rings. The number of H-pyrrole nitrogens is 1. The van der Waals surface area contributed by atoms with Gasteiger partial charge in [-0.2, -0.15) is 0 Å². The van der Waals surface area contributed by atoms with E-state index in [0.29, 0.717) is 28.7 Å². The van der Waals surface area contributed by atoms with E-state index in [-0.39, 0.29) is 0 Å². The SMILES string of the molecule is S=c1nc(C2CC3CCC2O3)[nH]c(C2CC2)c1Br. The first kappa shape index (κ1) is 11.6. The van der Waals surface area contributed by atoms with Crippen LogP contribution in [0.2, 0.25) is 0 Å². The molecule has 1 aliphatic carbocycles. The second kappa shape index (κ2) is 4.12.